The van der Waals surface area contributed by atoms with Crippen molar-refractivity contribution in [2.24, 2.45) is 0 Å². The molecule has 0 aliphatic carbocycles. The number of hydrogen-bond donors (Lipinski definition) is 0. The molecule has 1 aromatic carbocycles. The molecule has 1 saturated heterocycles. The number of nitrogens with zero attached hydrogens (tertiary/aromatic N) is 2. The van der Waals surface area contributed by atoms with E-state index in [0.717, 1.165) is 12.0 Å². The van der Waals surface area contributed by atoms with Gasteiger partial charge in [-0.15, -0.1) is 11.6 Å². The third-order valence-electron chi connectivity index (χ3n) is 3.58. The van der Waals surface area contributed by atoms with Gasteiger partial charge in [0.2, 0.25) is 5.79 Å². The molecule has 7 heteroatoms. The van der Waals surface area contributed by atoms with Gasteiger partial charge in [-0.1, -0.05) is 29.3 Å². The lowest BCUT2D eigenvalue weighted by Gasteiger charge is -2.30. The Bertz CT molecular complexity index is 636. The molecular weight excluding hydrogens is 347 g/mol. The van der Waals surface area contributed by atoms with Crippen molar-refractivity contribution < 1.29 is 9.47 Å². The van der Waals surface area contributed by atoms with Crippen LogP contribution in [0.5, 0.6) is 0 Å². The van der Waals surface area contributed by atoms with Crippen molar-refractivity contribution in [3.8, 4) is 0 Å². The molecule has 0 unspecified atom stereocenters. The Morgan fingerprint density at radius 1 is 1.36 bits per heavy atom. The van der Waals surface area contributed by atoms with Crippen molar-refractivity contribution >= 4 is 34.8 Å². The number of alkyl halides is 1. The van der Waals surface area contributed by atoms with Crippen LogP contribution in [0, 0.1) is 0 Å². The quantitative estimate of drug-likeness (QED) is 0.753. The highest BCUT2D eigenvalue weighted by Crippen LogP contribution is 2.41. The van der Waals surface area contributed by atoms with Gasteiger partial charge in [-0.05, 0) is 18.6 Å². The van der Waals surface area contributed by atoms with Crippen LogP contribution in [-0.4, -0.2) is 28.1 Å². The highest BCUT2D eigenvalue weighted by Gasteiger charge is 2.44. The Labute approximate surface area is 143 Å². The van der Waals surface area contributed by atoms with Crippen LogP contribution in [-0.2, 0) is 21.8 Å². The first-order valence-corrected chi connectivity index (χ1v) is 8.21. The fourth-order valence-corrected chi connectivity index (χ4v) is 3.35. The van der Waals surface area contributed by atoms with E-state index in [4.69, 9.17) is 44.3 Å². The number of aromatic nitrogens is 2. The van der Waals surface area contributed by atoms with Crippen LogP contribution in [0.3, 0.4) is 0 Å². The first-order chi connectivity index (χ1) is 10.6. The van der Waals surface area contributed by atoms with Gasteiger partial charge in [0.25, 0.3) is 0 Å². The van der Waals surface area contributed by atoms with Crippen LogP contribution in [0.15, 0.2) is 36.9 Å². The van der Waals surface area contributed by atoms with E-state index in [0.29, 0.717) is 29.1 Å². The van der Waals surface area contributed by atoms with E-state index in [1.807, 2.05) is 16.8 Å². The fraction of sp³-hybridized carbons (Fsp3) is 0.400. The second kappa shape index (κ2) is 6.77. The zero-order chi connectivity index (χ0) is 15.6. The smallest absolute Gasteiger partial charge is 0.215 e. The van der Waals surface area contributed by atoms with E-state index in [9.17, 15) is 0 Å². The zero-order valence-corrected chi connectivity index (χ0v) is 14.0. The van der Waals surface area contributed by atoms with Gasteiger partial charge in [-0.2, -0.15) is 0 Å². The molecule has 118 valence electrons. The van der Waals surface area contributed by atoms with Gasteiger partial charge in [0.05, 0.1) is 30.6 Å². The molecule has 1 aliphatic heterocycles. The van der Waals surface area contributed by atoms with Crippen molar-refractivity contribution in [2.45, 2.75) is 24.9 Å². The van der Waals surface area contributed by atoms with Crippen molar-refractivity contribution in [3.63, 3.8) is 0 Å². The topological polar surface area (TPSA) is 36.3 Å². The molecule has 22 heavy (non-hydrogen) atoms. The van der Waals surface area contributed by atoms with E-state index in [1.54, 1.807) is 24.7 Å². The molecule has 2 aromatic rings. The molecule has 4 nitrogen and oxygen atoms in total. The maximum absolute atomic E-state index is 6.37. The van der Waals surface area contributed by atoms with E-state index in [2.05, 4.69) is 4.98 Å². The summed E-state index contributed by atoms with van der Waals surface area (Å²) >= 11 is 18.2. The molecule has 1 aliphatic rings. The Balaban J connectivity index is 1.96. The average Bonchev–Trinajstić information content (AvgIpc) is 3.10. The van der Waals surface area contributed by atoms with Gasteiger partial charge < -0.3 is 14.0 Å². The van der Waals surface area contributed by atoms with Gasteiger partial charge in [0.15, 0.2) is 0 Å². The summed E-state index contributed by atoms with van der Waals surface area (Å²) in [4.78, 5) is 4.06. The SMILES string of the molecule is ClCC[C@@H]1CO[C@@](Cn2ccnc2)(c2ccc(Cl)cc2Cl)O1. The fourth-order valence-electron chi connectivity index (χ4n) is 2.56. The largest absolute Gasteiger partial charge is 0.342 e. The van der Waals surface area contributed by atoms with Crippen LogP contribution >= 0.6 is 34.8 Å². The molecule has 1 aromatic heterocycles. The van der Waals surface area contributed by atoms with Crippen molar-refractivity contribution in [2.75, 3.05) is 12.5 Å². The molecule has 0 radical (unpaired) electrons. The van der Waals surface area contributed by atoms with Crippen LogP contribution in [0.4, 0.5) is 0 Å². The summed E-state index contributed by atoms with van der Waals surface area (Å²) in [6.07, 6.45) is 5.94. The van der Waals surface area contributed by atoms with Gasteiger partial charge in [0.1, 0.15) is 0 Å². The lowest BCUT2D eigenvalue weighted by atomic mass is 10.1. The first-order valence-electron chi connectivity index (χ1n) is 6.92. The highest BCUT2D eigenvalue weighted by atomic mass is 35.5. The minimum Gasteiger partial charge on any atom is -0.342 e. The Morgan fingerprint density at radius 3 is 2.91 bits per heavy atom. The van der Waals surface area contributed by atoms with Gasteiger partial charge in [0, 0.05) is 28.9 Å². The lowest BCUT2D eigenvalue weighted by Crippen LogP contribution is -2.33. The normalized spacial score (nSPS) is 24.8. The van der Waals surface area contributed by atoms with Gasteiger partial charge in [-0.25, -0.2) is 4.98 Å². The minimum absolute atomic E-state index is 0.0623. The summed E-state index contributed by atoms with van der Waals surface area (Å²) in [6, 6.07) is 5.31. The Hall–Kier alpha value is -0.780. The molecule has 0 spiro atoms. The monoisotopic (exact) mass is 360 g/mol. The van der Waals surface area contributed by atoms with E-state index >= 15 is 0 Å². The molecular formula is C15H15Cl3N2O2. The van der Waals surface area contributed by atoms with Crippen molar-refractivity contribution in [1.29, 1.82) is 0 Å². The number of benzene rings is 1. The van der Waals surface area contributed by atoms with Crippen LogP contribution in [0.2, 0.25) is 10.0 Å². The number of imidazole rings is 1. The number of ether oxygens (including phenoxy) is 2. The summed E-state index contributed by atoms with van der Waals surface area (Å²) in [7, 11) is 0. The van der Waals surface area contributed by atoms with Gasteiger partial charge in [-0.3, -0.25) is 0 Å². The van der Waals surface area contributed by atoms with Crippen LogP contribution in [0.1, 0.15) is 12.0 Å². The summed E-state index contributed by atoms with van der Waals surface area (Å²) in [5.74, 6) is -0.442. The number of rotatable bonds is 5. The Kier molecular flexibility index (Phi) is 4.95. The Morgan fingerprint density at radius 2 is 2.23 bits per heavy atom. The van der Waals surface area contributed by atoms with Crippen molar-refractivity contribution in [3.05, 3.63) is 52.5 Å². The molecule has 0 saturated carbocycles. The lowest BCUT2D eigenvalue weighted by molar-refractivity contribution is -0.187. The summed E-state index contributed by atoms with van der Waals surface area (Å²) in [5, 5.41) is 1.08. The maximum Gasteiger partial charge on any atom is 0.215 e. The molecule has 0 bridgehead atoms. The number of hydrogen-bond acceptors (Lipinski definition) is 3. The molecule has 2 atom stereocenters. The standard InChI is InChI=1S/C15H15Cl3N2O2/c16-4-3-12-8-21-15(22-12,9-20-6-5-19-10-20)13-2-1-11(17)7-14(13)18/h1-2,5-7,10,12H,3-4,8-9H2/t12-,15-/m1/s1. The molecule has 0 N–H and O–H groups in total. The summed E-state index contributed by atoms with van der Waals surface area (Å²) < 4.78 is 14.1. The number of halogens is 3. The third-order valence-corrected chi connectivity index (χ3v) is 4.35. The van der Waals surface area contributed by atoms with Gasteiger partial charge >= 0.3 is 0 Å². The average molecular weight is 362 g/mol. The van der Waals surface area contributed by atoms with Crippen LogP contribution < -0.4 is 0 Å². The summed E-state index contributed by atoms with van der Waals surface area (Å²) in [6.45, 7) is 0.924. The van der Waals surface area contributed by atoms with E-state index in [-0.39, 0.29) is 6.10 Å². The molecule has 3 rings (SSSR count). The zero-order valence-electron chi connectivity index (χ0n) is 11.7. The predicted molar refractivity (Wildman–Crippen MR) is 86.5 cm³/mol. The highest BCUT2D eigenvalue weighted by molar-refractivity contribution is 6.35. The molecule has 1 fully saturated rings. The second-order valence-corrected chi connectivity index (χ2v) is 6.36. The minimum atomic E-state index is -0.959. The van der Waals surface area contributed by atoms with E-state index < -0.39 is 5.79 Å². The maximum atomic E-state index is 6.37. The second-order valence-electron chi connectivity index (χ2n) is 5.14. The van der Waals surface area contributed by atoms with Crippen molar-refractivity contribution in [1.82, 2.24) is 9.55 Å². The molecule has 0 amide bonds. The van der Waals surface area contributed by atoms with Crippen LogP contribution in [0.25, 0.3) is 0 Å². The predicted octanol–water partition coefficient (Wildman–Crippen LogP) is 4.09. The third kappa shape index (κ3) is 3.26. The summed E-state index contributed by atoms with van der Waals surface area (Å²) in [5.41, 5.74) is 0.754. The van der Waals surface area contributed by atoms with E-state index in [1.165, 1.54) is 0 Å². The first kappa shape index (κ1) is 16.1. The molecule has 2 heterocycles.